The first-order valence-electron chi connectivity index (χ1n) is 5.80. The zero-order chi connectivity index (χ0) is 13.5. The molecule has 0 radical (unpaired) electrons. The summed E-state index contributed by atoms with van der Waals surface area (Å²) in [7, 11) is 3.86. The van der Waals surface area contributed by atoms with Crippen LogP contribution in [-0.4, -0.2) is 54.6 Å². The SMILES string of the molecule is CN(C)CCN(CC(=O)O)Cc1cccc(F)c1. The second kappa shape index (κ2) is 7.08. The van der Waals surface area contributed by atoms with Gasteiger partial charge in [-0.25, -0.2) is 4.39 Å². The molecule has 0 amide bonds. The second-order valence-electron chi connectivity index (χ2n) is 4.54. The number of halogens is 1. The van der Waals surface area contributed by atoms with E-state index in [0.29, 0.717) is 13.1 Å². The Morgan fingerprint density at radius 1 is 1.33 bits per heavy atom. The fraction of sp³-hybridized carbons (Fsp3) is 0.462. The lowest BCUT2D eigenvalue weighted by Crippen LogP contribution is -2.35. The first-order chi connectivity index (χ1) is 8.47. The molecule has 1 aromatic carbocycles. The Bertz CT molecular complexity index is 396. The van der Waals surface area contributed by atoms with Gasteiger partial charge in [-0.05, 0) is 31.8 Å². The first kappa shape index (κ1) is 14.6. The normalized spacial score (nSPS) is 11.2. The van der Waals surface area contributed by atoms with Gasteiger partial charge in [0.15, 0.2) is 0 Å². The molecule has 0 bridgehead atoms. The summed E-state index contributed by atoms with van der Waals surface area (Å²) in [6.07, 6.45) is 0. The lowest BCUT2D eigenvalue weighted by atomic mass is 10.2. The highest BCUT2D eigenvalue weighted by Gasteiger charge is 2.10. The minimum absolute atomic E-state index is 0.0373. The third-order valence-electron chi connectivity index (χ3n) is 2.52. The summed E-state index contributed by atoms with van der Waals surface area (Å²) in [5.74, 6) is -1.17. The number of rotatable bonds is 7. The molecule has 0 aliphatic carbocycles. The van der Waals surface area contributed by atoms with Gasteiger partial charge in [-0.15, -0.1) is 0 Å². The molecule has 0 saturated heterocycles. The zero-order valence-corrected chi connectivity index (χ0v) is 10.8. The second-order valence-corrected chi connectivity index (χ2v) is 4.54. The maximum Gasteiger partial charge on any atom is 0.317 e. The van der Waals surface area contributed by atoms with Crippen LogP contribution in [0.1, 0.15) is 5.56 Å². The third-order valence-corrected chi connectivity index (χ3v) is 2.52. The molecule has 0 spiro atoms. The van der Waals surface area contributed by atoms with Crippen molar-refractivity contribution in [1.29, 1.82) is 0 Å². The summed E-state index contributed by atoms with van der Waals surface area (Å²) < 4.78 is 13.1. The topological polar surface area (TPSA) is 43.8 Å². The number of carbonyl (C=O) groups is 1. The van der Waals surface area contributed by atoms with Crippen LogP contribution in [0.2, 0.25) is 0 Å². The minimum atomic E-state index is -0.870. The number of likely N-dealkylation sites (N-methyl/N-ethyl adjacent to an activating group) is 1. The summed E-state index contributed by atoms with van der Waals surface area (Å²) >= 11 is 0. The molecule has 0 aliphatic heterocycles. The fourth-order valence-corrected chi connectivity index (χ4v) is 1.64. The minimum Gasteiger partial charge on any atom is -0.480 e. The molecule has 18 heavy (non-hydrogen) atoms. The smallest absolute Gasteiger partial charge is 0.317 e. The molecular weight excluding hydrogens is 235 g/mol. The largest absolute Gasteiger partial charge is 0.480 e. The van der Waals surface area contributed by atoms with Crippen LogP contribution in [0.15, 0.2) is 24.3 Å². The van der Waals surface area contributed by atoms with Crippen molar-refractivity contribution in [3.63, 3.8) is 0 Å². The average Bonchev–Trinajstić information content (AvgIpc) is 2.25. The summed E-state index contributed by atoms with van der Waals surface area (Å²) in [6, 6.07) is 6.25. The van der Waals surface area contributed by atoms with E-state index >= 15 is 0 Å². The molecule has 0 fully saturated rings. The molecule has 1 N–H and O–H groups in total. The van der Waals surface area contributed by atoms with E-state index in [1.165, 1.54) is 12.1 Å². The van der Waals surface area contributed by atoms with E-state index in [-0.39, 0.29) is 12.4 Å². The Morgan fingerprint density at radius 2 is 2.06 bits per heavy atom. The standard InChI is InChI=1S/C13H19FN2O2/c1-15(2)6-7-16(10-13(17)18)9-11-4-3-5-12(14)8-11/h3-5,8H,6-7,9-10H2,1-2H3,(H,17,18). The molecule has 0 aromatic heterocycles. The van der Waals surface area contributed by atoms with Crippen molar-refractivity contribution in [2.75, 3.05) is 33.7 Å². The van der Waals surface area contributed by atoms with Gasteiger partial charge in [-0.3, -0.25) is 9.69 Å². The van der Waals surface area contributed by atoms with Gasteiger partial charge in [0.05, 0.1) is 6.54 Å². The number of aliphatic carboxylic acids is 1. The van der Waals surface area contributed by atoms with Crippen molar-refractivity contribution in [3.8, 4) is 0 Å². The number of carboxylic acids is 1. The van der Waals surface area contributed by atoms with Crippen LogP contribution in [-0.2, 0) is 11.3 Å². The van der Waals surface area contributed by atoms with Gasteiger partial charge in [0.2, 0.25) is 0 Å². The van der Waals surface area contributed by atoms with E-state index in [0.717, 1.165) is 12.1 Å². The third kappa shape index (κ3) is 5.75. The molecular formula is C13H19FN2O2. The van der Waals surface area contributed by atoms with Crippen LogP contribution >= 0.6 is 0 Å². The molecule has 100 valence electrons. The highest BCUT2D eigenvalue weighted by Crippen LogP contribution is 2.07. The Hall–Kier alpha value is -1.46. The van der Waals surface area contributed by atoms with Gasteiger partial charge in [-0.1, -0.05) is 12.1 Å². The molecule has 0 saturated carbocycles. The van der Waals surface area contributed by atoms with E-state index in [1.54, 1.807) is 17.0 Å². The molecule has 4 nitrogen and oxygen atoms in total. The van der Waals surface area contributed by atoms with E-state index in [2.05, 4.69) is 0 Å². The van der Waals surface area contributed by atoms with Crippen LogP contribution in [0.25, 0.3) is 0 Å². The van der Waals surface area contributed by atoms with Crippen LogP contribution in [0.5, 0.6) is 0 Å². The molecule has 0 unspecified atom stereocenters. The Labute approximate surface area is 107 Å². The predicted molar refractivity (Wildman–Crippen MR) is 67.9 cm³/mol. The number of hydrogen-bond acceptors (Lipinski definition) is 3. The quantitative estimate of drug-likeness (QED) is 0.796. The fourth-order valence-electron chi connectivity index (χ4n) is 1.64. The Balaban J connectivity index is 2.62. The molecule has 5 heteroatoms. The van der Waals surface area contributed by atoms with Crippen LogP contribution in [0, 0.1) is 5.82 Å². The number of hydrogen-bond donors (Lipinski definition) is 1. The lowest BCUT2D eigenvalue weighted by Gasteiger charge is -2.22. The average molecular weight is 254 g/mol. The Morgan fingerprint density at radius 3 is 2.61 bits per heavy atom. The monoisotopic (exact) mass is 254 g/mol. The van der Waals surface area contributed by atoms with E-state index in [4.69, 9.17) is 5.11 Å². The van der Waals surface area contributed by atoms with E-state index in [9.17, 15) is 9.18 Å². The molecule has 1 rings (SSSR count). The highest BCUT2D eigenvalue weighted by molar-refractivity contribution is 5.69. The summed E-state index contributed by atoms with van der Waals surface area (Å²) in [4.78, 5) is 14.6. The first-order valence-corrected chi connectivity index (χ1v) is 5.80. The number of benzene rings is 1. The zero-order valence-electron chi connectivity index (χ0n) is 10.8. The van der Waals surface area contributed by atoms with Gasteiger partial charge < -0.3 is 10.0 Å². The maximum absolute atomic E-state index is 13.1. The lowest BCUT2D eigenvalue weighted by molar-refractivity contribution is -0.138. The summed E-state index contributed by atoms with van der Waals surface area (Å²) in [5.41, 5.74) is 0.787. The summed E-state index contributed by atoms with van der Waals surface area (Å²) in [6.45, 7) is 1.81. The van der Waals surface area contributed by atoms with Crippen molar-refractivity contribution in [2.24, 2.45) is 0 Å². The van der Waals surface area contributed by atoms with Gasteiger partial charge in [0.25, 0.3) is 0 Å². The van der Waals surface area contributed by atoms with Crippen LogP contribution in [0.3, 0.4) is 0 Å². The Kier molecular flexibility index (Phi) is 5.74. The van der Waals surface area contributed by atoms with Crippen molar-refractivity contribution in [3.05, 3.63) is 35.6 Å². The van der Waals surface area contributed by atoms with Crippen molar-refractivity contribution in [1.82, 2.24) is 9.80 Å². The van der Waals surface area contributed by atoms with Gasteiger partial charge in [-0.2, -0.15) is 0 Å². The van der Waals surface area contributed by atoms with Crippen molar-refractivity contribution < 1.29 is 14.3 Å². The molecule has 1 aromatic rings. The van der Waals surface area contributed by atoms with Crippen LogP contribution < -0.4 is 0 Å². The van der Waals surface area contributed by atoms with Crippen LogP contribution in [0.4, 0.5) is 4.39 Å². The van der Waals surface area contributed by atoms with Gasteiger partial charge in [0.1, 0.15) is 5.82 Å². The predicted octanol–water partition coefficient (Wildman–Crippen LogP) is 1.27. The number of nitrogens with zero attached hydrogens (tertiary/aromatic N) is 2. The molecule has 0 heterocycles. The van der Waals surface area contributed by atoms with E-state index < -0.39 is 5.97 Å². The van der Waals surface area contributed by atoms with E-state index in [1.807, 2.05) is 19.0 Å². The van der Waals surface area contributed by atoms with Gasteiger partial charge >= 0.3 is 5.97 Å². The highest BCUT2D eigenvalue weighted by atomic mass is 19.1. The van der Waals surface area contributed by atoms with Gasteiger partial charge in [0, 0.05) is 19.6 Å². The van der Waals surface area contributed by atoms with Crippen molar-refractivity contribution in [2.45, 2.75) is 6.54 Å². The molecule has 0 aliphatic rings. The molecule has 0 atom stereocenters. The van der Waals surface area contributed by atoms with Crippen molar-refractivity contribution >= 4 is 5.97 Å². The summed E-state index contributed by atoms with van der Waals surface area (Å²) in [5, 5.41) is 8.85. The maximum atomic E-state index is 13.1. The number of carboxylic acid groups (broad SMARTS) is 1.